The third-order valence-corrected chi connectivity index (χ3v) is 5.46. The van der Waals surface area contributed by atoms with Gasteiger partial charge in [-0.15, -0.1) is 0 Å². The van der Waals surface area contributed by atoms with Crippen molar-refractivity contribution in [2.24, 2.45) is 0 Å². The van der Waals surface area contributed by atoms with Crippen molar-refractivity contribution in [1.82, 2.24) is 10.2 Å². The van der Waals surface area contributed by atoms with E-state index in [0.29, 0.717) is 13.1 Å². The lowest BCUT2D eigenvalue weighted by molar-refractivity contribution is -0.147. The Morgan fingerprint density at radius 1 is 0.576 bits per heavy atom. The quantitative estimate of drug-likeness (QED) is 0.411. The summed E-state index contributed by atoms with van der Waals surface area (Å²) in [6, 6.07) is 38.4. The van der Waals surface area contributed by atoms with Gasteiger partial charge in [-0.2, -0.15) is 0 Å². The fourth-order valence-electron chi connectivity index (χ4n) is 3.79. The molecule has 0 unspecified atom stereocenters. The van der Waals surface area contributed by atoms with Crippen LogP contribution in [-0.4, -0.2) is 16.7 Å². The number of nitrogens with one attached hydrogen (secondary N) is 1. The molecule has 4 rings (SSSR count). The van der Waals surface area contributed by atoms with E-state index in [9.17, 15) is 9.59 Å². The number of rotatable bonds is 7. The van der Waals surface area contributed by atoms with Crippen LogP contribution < -0.4 is 5.32 Å². The molecule has 0 aliphatic heterocycles. The van der Waals surface area contributed by atoms with Crippen LogP contribution in [0.1, 0.15) is 28.3 Å². The van der Waals surface area contributed by atoms with Gasteiger partial charge in [0, 0.05) is 13.1 Å². The highest BCUT2D eigenvalue weighted by molar-refractivity contribution is 6.35. The van der Waals surface area contributed by atoms with Crippen LogP contribution in [0.15, 0.2) is 121 Å². The SMILES string of the molecule is O=C(NC(c1ccccc1)c1ccccc1)C(=O)N(Cc1ccccc1)Cc1ccccc1. The number of carbonyl (C=O) groups is 2. The van der Waals surface area contributed by atoms with Crippen LogP contribution in [0.2, 0.25) is 0 Å². The molecular weight excluding hydrogens is 408 g/mol. The van der Waals surface area contributed by atoms with Crippen LogP contribution in [0.5, 0.6) is 0 Å². The molecule has 0 aliphatic rings. The minimum absolute atomic E-state index is 0.351. The Bertz CT molecular complexity index is 1080. The highest BCUT2D eigenvalue weighted by Gasteiger charge is 2.26. The molecule has 4 aromatic rings. The zero-order valence-electron chi connectivity index (χ0n) is 18.3. The van der Waals surface area contributed by atoms with Crippen molar-refractivity contribution in [1.29, 1.82) is 0 Å². The highest BCUT2D eigenvalue weighted by Crippen LogP contribution is 2.22. The fraction of sp³-hybridized carbons (Fsp3) is 0.103. The monoisotopic (exact) mass is 434 g/mol. The Balaban J connectivity index is 1.58. The van der Waals surface area contributed by atoms with Crippen LogP contribution >= 0.6 is 0 Å². The standard InChI is InChI=1S/C29H26N2O2/c32-28(30-27(25-17-9-3-10-18-25)26-19-11-4-12-20-26)29(33)31(21-23-13-5-1-6-14-23)22-24-15-7-2-8-16-24/h1-20,27H,21-22H2,(H,30,32). The summed E-state index contributed by atoms with van der Waals surface area (Å²) in [6.45, 7) is 0.701. The Morgan fingerprint density at radius 2 is 0.939 bits per heavy atom. The summed E-state index contributed by atoms with van der Waals surface area (Å²) in [5.41, 5.74) is 3.78. The summed E-state index contributed by atoms with van der Waals surface area (Å²) >= 11 is 0. The van der Waals surface area contributed by atoms with Gasteiger partial charge in [0.1, 0.15) is 0 Å². The smallest absolute Gasteiger partial charge is 0.312 e. The van der Waals surface area contributed by atoms with E-state index in [2.05, 4.69) is 5.32 Å². The lowest BCUT2D eigenvalue weighted by Gasteiger charge is -2.25. The lowest BCUT2D eigenvalue weighted by Crippen LogP contribution is -2.43. The zero-order valence-corrected chi connectivity index (χ0v) is 18.3. The number of hydrogen-bond acceptors (Lipinski definition) is 2. The largest absolute Gasteiger partial charge is 0.337 e. The average Bonchev–Trinajstić information content (AvgIpc) is 2.88. The number of amides is 2. The first-order valence-corrected chi connectivity index (χ1v) is 11.0. The van der Waals surface area contributed by atoms with Gasteiger partial charge >= 0.3 is 11.8 Å². The predicted octanol–water partition coefficient (Wildman–Crippen LogP) is 5.12. The van der Waals surface area contributed by atoms with E-state index >= 15 is 0 Å². The minimum atomic E-state index is -0.625. The van der Waals surface area contributed by atoms with Crippen molar-refractivity contribution in [3.63, 3.8) is 0 Å². The van der Waals surface area contributed by atoms with Crippen LogP contribution in [0, 0.1) is 0 Å². The second-order valence-electron chi connectivity index (χ2n) is 7.86. The third kappa shape index (κ3) is 5.95. The molecule has 2 amide bonds. The molecule has 0 spiro atoms. The molecule has 1 N–H and O–H groups in total. The van der Waals surface area contributed by atoms with Crippen LogP contribution in [0.4, 0.5) is 0 Å². The van der Waals surface area contributed by atoms with E-state index in [0.717, 1.165) is 22.3 Å². The molecule has 164 valence electrons. The van der Waals surface area contributed by atoms with Crippen molar-refractivity contribution in [2.45, 2.75) is 19.1 Å². The van der Waals surface area contributed by atoms with E-state index in [-0.39, 0.29) is 0 Å². The van der Waals surface area contributed by atoms with Crippen molar-refractivity contribution >= 4 is 11.8 Å². The fourth-order valence-corrected chi connectivity index (χ4v) is 3.79. The summed E-state index contributed by atoms with van der Waals surface area (Å²) in [5, 5.41) is 2.97. The van der Waals surface area contributed by atoms with Crippen molar-refractivity contribution in [3.05, 3.63) is 144 Å². The highest BCUT2D eigenvalue weighted by atomic mass is 16.2. The van der Waals surface area contributed by atoms with E-state index in [1.54, 1.807) is 4.90 Å². The summed E-state index contributed by atoms with van der Waals surface area (Å²) in [4.78, 5) is 28.2. The molecule has 0 atom stereocenters. The normalized spacial score (nSPS) is 10.6. The maximum atomic E-state index is 13.4. The maximum Gasteiger partial charge on any atom is 0.312 e. The molecule has 0 heterocycles. The number of nitrogens with zero attached hydrogens (tertiary/aromatic N) is 1. The maximum absolute atomic E-state index is 13.4. The Kier molecular flexibility index (Phi) is 7.29. The summed E-state index contributed by atoms with van der Waals surface area (Å²) in [7, 11) is 0. The third-order valence-electron chi connectivity index (χ3n) is 5.46. The Labute approximate surface area is 194 Å². The van der Waals surface area contributed by atoms with E-state index in [1.165, 1.54) is 0 Å². The van der Waals surface area contributed by atoms with Crippen LogP contribution in [0.3, 0.4) is 0 Å². The van der Waals surface area contributed by atoms with E-state index < -0.39 is 17.9 Å². The van der Waals surface area contributed by atoms with Crippen LogP contribution in [-0.2, 0) is 22.7 Å². The summed E-state index contributed by atoms with van der Waals surface area (Å²) in [6.07, 6.45) is 0. The van der Waals surface area contributed by atoms with Crippen molar-refractivity contribution in [3.8, 4) is 0 Å². The topological polar surface area (TPSA) is 49.4 Å². The number of benzene rings is 4. The first-order valence-electron chi connectivity index (χ1n) is 11.0. The lowest BCUT2D eigenvalue weighted by atomic mass is 9.98. The van der Waals surface area contributed by atoms with Gasteiger partial charge in [0.05, 0.1) is 6.04 Å². The molecule has 0 fully saturated rings. The number of carbonyl (C=O) groups excluding carboxylic acids is 2. The van der Waals surface area contributed by atoms with E-state index in [1.807, 2.05) is 121 Å². The molecule has 4 heteroatoms. The summed E-state index contributed by atoms with van der Waals surface area (Å²) < 4.78 is 0. The van der Waals surface area contributed by atoms with Gasteiger partial charge in [-0.25, -0.2) is 0 Å². The first kappa shape index (κ1) is 22.0. The Hall–Kier alpha value is -4.18. The average molecular weight is 435 g/mol. The molecule has 0 saturated heterocycles. The molecule has 0 saturated carbocycles. The van der Waals surface area contributed by atoms with Gasteiger partial charge in [-0.05, 0) is 22.3 Å². The summed E-state index contributed by atoms with van der Waals surface area (Å²) in [5.74, 6) is -1.18. The van der Waals surface area contributed by atoms with Gasteiger partial charge in [0.15, 0.2) is 0 Å². The number of hydrogen-bond donors (Lipinski definition) is 1. The van der Waals surface area contributed by atoms with Crippen molar-refractivity contribution < 1.29 is 9.59 Å². The molecule has 4 aromatic carbocycles. The van der Waals surface area contributed by atoms with Crippen molar-refractivity contribution in [2.75, 3.05) is 0 Å². The second kappa shape index (κ2) is 10.9. The van der Waals surface area contributed by atoms with Gasteiger partial charge in [0.25, 0.3) is 0 Å². The molecular formula is C29H26N2O2. The first-order chi connectivity index (χ1) is 16.2. The molecule has 0 aromatic heterocycles. The van der Waals surface area contributed by atoms with Gasteiger partial charge in [0.2, 0.25) is 0 Å². The zero-order chi connectivity index (χ0) is 22.9. The molecule has 0 aliphatic carbocycles. The van der Waals surface area contributed by atoms with Gasteiger partial charge < -0.3 is 10.2 Å². The Morgan fingerprint density at radius 3 is 1.33 bits per heavy atom. The molecule has 0 radical (unpaired) electrons. The molecule has 0 bridgehead atoms. The van der Waals surface area contributed by atoms with E-state index in [4.69, 9.17) is 0 Å². The predicted molar refractivity (Wildman–Crippen MR) is 130 cm³/mol. The minimum Gasteiger partial charge on any atom is -0.337 e. The van der Waals surface area contributed by atoms with Crippen LogP contribution in [0.25, 0.3) is 0 Å². The van der Waals surface area contributed by atoms with Gasteiger partial charge in [-0.1, -0.05) is 121 Å². The molecule has 33 heavy (non-hydrogen) atoms. The molecule has 4 nitrogen and oxygen atoms in total. The second-order valence-corrected chi connectivity index (χ2v) is 7.86. The van der Waals surface area contributed by atoms with Gasteiger partial charge in [-0.3, -0.25) is 9.59 Å².